The van der Waals surface area contributed by atoms with Gasteiger partial charge in [0, 0.05) is 31.8 Å². The van der Waals surface area contributed by atoms with E-state index in [1.165, 1.54) is 4.90 Å². The van der Waals surface area contributed by atoms with Crippen molar-refractivity contribution < 1.29 is 18.5 Å². The van der Waals surface area contributed by atoms with E-state index in [0.29, 0.717) is 37.7 Å². The minimum Gasteiger partial charge on any atom is -0.355 e. The third-order valence-corrected chi connectivity index (χ3v) is 4.91. The molecule has 2 unspecified atom stereocenters. The highest BCUT2D eigenvalue weighted by Crippen LogP contribution is 2.41. The topological polar surface area (TPSA) is 88.3 Å². The highest BCUT2D eigenvalue weighted by atomic mass is 19.1. The Morgan fingerprint density at radius 2 is 2.22 bits per heavy atom. The molecule has 8 heteroatoms. The molecule has 0 spiro atoms. The number of likely N-dealkylation sites (tertiary alicyclic amines) is 1. The molecule has 1 saturated carbocycles. The van der Waals surface area contributed by atoms with Crippen LogP contribution in [0.3, 0.4) is 0 Å². The van der Waals surface area contributed by atoms with Crippen molar-refractivity contribution in [1.29, 1.82) is 0 Å². The fourth-order valence-corrected chi connectivity index (χ4v) is 3.26. The van der Waals surface area contributed by atoms with Gasteiger partial charge in [-0.15, -0.1) is 0 Å². The Morgan fingerprint density at radius 3 is 2.91 bits per heavy atom. The summed E-state index contributed by atoms with van der Waals surface area (Å²) in [5.41, 5.74) is -1.76. The third-order valence-electron chi connectivity index (χ3n) is 4.91. The summed E-state index contributed by atoms with van der Waals surface area (Å²) in [4.78, 5) is 29.4. The number of aromatic nitrogens is 2. The summed E-state index contributed by atoms with van der Waals surface area (Å²) in [6.07, 6.45) is 3.09. The van der Waals surface area contributed by atoms with Crippen LogP contribution >= 0.6 is 0 Å². The third kappa shape index (κ3) is 2.70. The number of amides is 2. The molecule has 0 aromatic carbocycles. The van der Waals surface area contributed by atoms with Crippen molar-refractivity contribution in [3.05, 3.63) is 11.7 Å². The zero-order valence-corrected chi connectivity index (χ0v) is 12.8. The summed E-state index contributed by atoms with van der Waals surface area (Å²) in [7, 11) is 0. The minimum atomic E-state index is -1.76. The monoisotopic (exact) mass is 322 g/mol. The minimum absolute atomic E-state index is 0.00773. The zero-order chi connectivity index (χ0) is 16.0. The summed E-state index contributed by atoms with van der Waals surface area (Å²) < 4.78 is 20.2. The first-order chi connectivity index (χ1) is 11.0. The molecule has 1 aromatic heterocycles. The molecule has 2 saturated heterocycles. The molecule has 2 atom stereocenters. The predicted molar refractivity (Wildman–Crippen MR) is 76.0 cm³/mol. The Morgan fingerprint density at radius 1 is 1.39 bits per heavy atom. The zero-order valence-electron chi connectivity index (χ0n) is 12.8. The number of nitrogens with zero attached hydrogens (tertiary/aromatic N) is 3. The molecule has 1 N–H and O–H groups in total. The maximum absolute atomic E-state index is 15.1. The van der Waals surface area contributed by atoms with Crippen molar-refractivity contribution >= 4 is 11.8 Å². The van der Waals surface area contributed by atoms with Crippen LogP contribution in [0.25, 0.3) is 0 Å². The Bertz CT molecular complexity index is 634. The summed E-state index contributed by atoms with van der Waals surface area (Å²) in [6, 6.07) is 0. The van der Waals surface area contributed by atoms with E-state index in [9.17, 15) is 9.59 Å². The van der Waals surface area contributed by atoms with Crippen molar-refractivity contribution in [2.24, 2.45) is 5.92 Å². The van der Waals surface area contributed by atoms with E-state index in [4.69, 9.17) is 4.52 Å². The first-order valence-corrected chi connectivity index (χ1v) is 8.14. The van der Waals surface area contributed by atoms with Gasteiger partial charge in [-0.3, -0.25) is 9.59 Å². The van der Waals surface area contributed by atoms with E-state index < -0.39 is 5.67 Å². The van der Waals surface area contributed by atoms with Gasteiger partial charge in [-0.1, -0.05) is 5.16 Å². The average molecular weight is 322 g/mol. The molecule has 4 rings (SSSR count). The number of piperidine rings is 1. The molecule has 7 nitrogen and oxygen atoms in total. The van der Waals surface area contributed by atoms with E-state index in [1.807, 2.05) is 0 Å². The van der Waals surface area contributed by atoms with Crippen LogP contribution < -0.4 is 5.32 Å². The summed E-state index contributed by atoms with van der Waals surface area (Å²) >= 11 is 0. The second kappa shape index (κ2) is 5.28. The second-order valence-electron chi connectivity index (χ2n) is 6.75. The van der Waals surface area contributed by atoms with Crippen molar-refractivity contribution in [2.45, 2.75) is 43.7 Å². The molecular weight excluding hydrogens is 303 g/mol. The molecule has 2 amide bonds. The number of hydrogen-bond donors (Lipinski definition) is 1. The Kier molecular flexibility index (Phi) is 3.35. The van der Waals surface area contributed by atoms with E-state index in [-0.39, 0.29) is 36.6 Å². The van der Waals surface area contributed by atoms with Crippen LogP contribution in [0.5, 0.6) is 0 Å². The average Bonchev–Trinajstić information content (AvgIpc) is 3.13. The lowest BCUT2D eigenvalue weighted by Crippen LogP contribution is -2.44. The Balaban J connectivity index is 1.42. The van der Waals surface area contributed by atoms with Crippen LogP contribution in [0, 0.1) is 5.92 Å². The van der Waals surface area contributed by atoms with Gasteiger partial charge in [0.05, 0.1) is 12.5 Å². The SMILES string of the molecule is O=C1CCC(C(=O)N2CCC(F)(c3nc(C4CC4)no3)C2)CN1. The van der Waals surface area contributed by atoms with Gasteiger partial charge in [-0.25, -0.2) is 4.39 Å². The fraction of sp³-hybridized carbons (Fsp3) is 0.733. The van der Waals surface area contributed by atoms with Crippen LogP contribution in [0.1, 0.15) is 49.7 Å². The molecule has 3 fully saturated rings. The molecule has 23 heavy (non-hydrogen) atoms. The van der Waals surface area contributed by atoms with Gasteiger partial charge < -0.3 is 14.7 Å². The quantitative estimate of drug-likeness (QED) is 0.892. The molecule has 0 bridgehead atoms. The number of halogens is 1. The van der Waals surface area contributed by atoms with E-state index in [1.54, 1.807) is 0 Å². The van der Waals surface area contributed by atoms with Crippen molar-refractivity contribution in [3.8, 4) is 0 Å². The molecule has 1 aliphatic carbocycles. The van der Waals surface area contributed by atoms with Crippen LogP contribution in [-0.2, 0) is 15.3 Å². The van der Waals surface area contributed by atoms with Crippen LogP contribution in [0.2, 0.25) is 0 Å². The fourth-order valence-electron chi connectivity index (χ4n) is 3.26. The van der Waals surface area contributed by atoms with Crippen molar-refractivity contribution in [1.82, 2.24) is 20.4 Å². The van der Waals surface area contributed by atoms with Crippen LogP contribution in [0.4, 0.5) is 4.39 Å². The summed E-state index contributed by atoms with van der Waals surface area (Å²) in [5, 5.41) is 6.55. The second-order valence-corrected chi connectivity index (χ2v) is 6.75. The predicted octanol–water partition coefficient (Wildman–Crippen LogP) is 0.870. The number of carbonyl (C=O) groups excluding carboxylic acids is 2. The Labute approximate surface area is 132 Å². The van der Waals surface area contributed by atoms with Gasteiger partial charge in [-0.05, 0) is 19.3 Å². The lowest BCUT2D eigenvalue weighted by molar-refractivity contribution is -0.137. The van der Waals surface area contributed by atoms with Gasteiger partial charge >= 0.3 is 0 Å². The van der Waals surface area contributed by atoms with Crippen LogP contribution in [-0.4, -0.2) is 46.5 Å². The largest absolute Gasteiger partial charge is 0.355 e. The number of nitrogens with one attached hydrogen (secondary N) is 1. The molecular formula is C15H19FN4O3. The van der Waals surface area contributed by atoms with Gasteiger partial charge in [0.15, 0.2) is 5.82 Å². The summed E-state index contributed by atoms with van der Waals surface area (Å²) in [6.45, 7) is 0.614. The smallest absolute Gasteiger partial charge is 0.266 e. The molecule has 2 aliphatic heterocycles. The Hall–Kier alpha value is -1.99. The normalized spacial score (nSPS) is 31.3. The van der Waals surface area contributed by atoms with Gasteiger partial charge in [0.1, 0.15) is 0 Å². The molecule has 3 heterocycles. The molecule has 124 valence electrons. The molecule has 3 aliphatic rings. The van der Waals surface area contributed by atoms with Gasteiger partial charge in [-0.2, -0.15) is 4.98 Å². The first kappa shape index (κ1) is 14.6. The first-order valence-electron chi connectivity index (χ1n) is 8.14. The summed E-state index contributed by atoms with van der Waals surface area (Å²) in [5.74, 6) is 0.476. The number of alkyl halides is 1. The highest BCUT2D eigenvalue weighted by Gasteiger charge is 2.48. The van der Waals surface area contributed by atoms with E-state index in [0.717, 1.165) is 12.8 Å². The maximum atomic E-state index is 15.1. The lowest BCUT2D eigenvalue weighted by atomic mass is 9.98. The van der Waals surface area contributed by atoms with Crippen molar-refractivity contribution in [3.63, 3.8) is 0 Å². The number of carbonyl (C=O) groups is 2. The van der Waals surface area contributed by atoms with E-state index in [2.05, 4.69) is 15.5 Å². The number of rotatable bonds is 3. The number of hydrogen-bond acceptors (Lipinski definition) is 5. The standard InChI is InChI=1S/C15H19FN4O3/c16-15(14-18-12(19-23-14)9-1-2-9)5-6-20(8-15)13(22)10-3-4-11(21)17-7-10/h9-10H,1-8H2,(H,17,21). The van der Waals surface area contributed by atoms with Crippen molar-refractivity contribution in [2.75, 3.05) is 19.6 Å². The lowest BCUT2D eigenvalue weighted by Gasteiger charge is -2.26. The highest BCUT2D eigenvalue weighted by molar-refractivity contribution is 5.84. The van der Waals surface area contributed by atoms with Gasteiger partial charge in [0.25, 0.3) is 5.89 Å². The van der Waals surface area contributed by atoms with Gasteiger partial charge in [0.2, 0.25) is 17.5 Å². The molecule has 0 radical (unpaired) electrons. The maximum Gasteiger partial charge on any atom is 0.266 e. The van der Waals surface area contributed by atoms with Crippen LogP contribution in [0.15, 0.2) is 4.52 Å². The molecule has 1 aromatic rings. The van der Waals surface area contributed by atoms with E-state index >= 15 is 4.39 Å².